The van der Waals surface area contributed by atoms with Crippen LogP contribution in [0.15, 0.2) is 60.2 Å². The van der Waals surface area contributed by atoms with E-state index in [1.807, 2.05) is 0 Å². The summed E-state index contributed by atoms with van der Waals surface area (Å²) < 4.78 is 14.6. The van der Waals surface area contributed by atoms with E-state index in [-0.39, 0.29) is 29.8 Å². The van der Waals surface area contributed by atoms with Gasteiger partial charge in [-0.25, -0.2) is 4.39 Å². The summed E-state index contributed by atoms with van der Waals surface area (Å²) in [5.41, 5.74) is 1.07. The van der Waals surface area contributed by atoms with Crippen LogP contribution in [0.4, 0.5) is 10.1 Å². The topological polar surface area (TPSA) is 95.0 Å². The summed E-state index contributed by atoms with van der Waals surface area (Å²) in [4.78, 5) is 52.6. The molecule has 0 spiro atoms. The van der Waals surface area contributed by atoms with Crippen LogP contribution >= 0.6 is 39.1 Å². The number of likely N-dealkylation sites (tertiary alicyclic amines) is 1. The van der Waals surface area contributed by atoms with Crippen LogP contribution in [0.3, 0.4) is 0 Å². The molecule has 2 aromatic carbocycles. The van der Waals surface area contributed by atoms with Crippen molar-refractivity contribution in [3.8, 4) is 5.75 Å². The number of carbonyl (C=O) groups is 4. The van der Waals surface area contributed by atoms with E-state index >= 15 is 0 Å². The van der Waals surface area contributed by atoms with Crippen LogP contribution in [0, 0.1) is 23.6 Å². The van der Waals surface area contributed by atoms with Gasteiger partial charge in [0, 0.05) is 5.92 Å². The Hall–Kier alpha value is -2.75. The van der Waals surface area contributed by atoms with Gasteiger partial charge in [-0.05, 0) is 48.6 Å². The highest BCUT2D eigenvalue weighted by atomic mass is 79.9. The van der Waals surface area contributed by atoms with Crippen molar-refractivity contribution < 1.29 is 28.7 Å². The number of para-hydroxylation sites is 1. The number of phenolic OH excluding ortho intramolecular Hbond substituents is 1. The van der Waals surface area contributed by atoms with Crippen molar-refractivity contribution in [2.75, 3.05) is 10.4 Å². The number of nitrogens with zero attached hydrogens (tertiary/aromatic N) is 2. The Kier molecular flexibility index (Phi) is 5.79. The van der Waals surface area contributed by atoms with E-state index in [2.05, 4.69) is 15.9 Å². The Morgan fingerprint density at radius 3 is 2.37 bits per heavy atom. The smallest absolute Gasteiger partial charge is 0.254 e. The number of imide groups is 2. The van der Waals surface area contributed by atoms with Gasteiger partial charge in [-0.15, -0.1) is 23.2 Å². The van der Waals surface area contributed by atoms with Gasteiger partial charge in [-0.2, -0.15) is 0 Å². The zero-order valence-corrected chi connectivity index (χ0v) is 22.7. The Bertz CT molecular complexity index is 1450. The predicted octanol–water partition coefficient (Wildman–Crippen LogP) is 4.45. The number of halogens is 4. The Morgan fingerprint density at radius 1 is 1.00 bits per heavy atom. The number of alkyl halides is 3. The minimum atomic E-state index is -2.03. The molecule has 196 valence electrons. The molecule has 2 aromatic rings. The molecule has 1 N–H and O–H groups in total. The fourth-order valence-corrected chi connectivity index (χ4v) is 8.09. The van der Waals surface area contributed by atoms with Gasteiger partial charge in [0.2, 0.25) is 11.8 Å². The fraction of sp³-hybridized carbons (Fsp3) is 0.333. The molecule has 0 bridgehead atoms. The monoisotopic (exact) mass is 620 g/mol. The molecule has 11 heteroatoms. The maximum Gasteiger partial charge on any atom is 0.254 e. The lowest BCUT2D eigenvalue weighted by Crippen LogP contribution is -2.60. The standard InChI is InChI=1S/C27H20BrCl2FN2O5/c28-12-32-24(37)26(29)11-17-15(21(27(26,30)25(32)38)13-6-9-19(34)18(31)10-13)7-8-16-20(17)23(36)33(22(16)35)14-4-2-1-3-5-14/h1-7,9-10,16-17,20-21,34H,8,11-12H2. The molecule has 2 heterocycles. The number of carbonyl (C=O) groups excluding carboxylic acids is 4. The second-order valence-corrected chi connectivity index (χ2v) is 11.8. The van der Waals surface area contributed by atoms with Crippen LogP contribution in [-0.2, 0) is 19.2 Å². The number of amides is 4. The average Bonchev–Trinajstić information content (AvgIpc) is 3.24. The number of hydrogen-bond donors (Lipinski definition) is 1. The van der Waals surface area contributed by atoms with E-state index in [1.54, 1.807) is 36.4 Å². The molecular formula is C27H20BrCl2FN2O5. The highest BCUT2D eigenvalue weighted by Gasteiger charge is 2.76. The van der Waals surface area contributed by atoms with Crippen LogP contribution in [0.2, 0.25) is 0 Å². The van der Waals surface area contributed by atoms with Gasteiger partial charge >= 0.3 is 0 Å². The summed E-state index contributed by atoms with van der Waals surface area (Å²) in [6, 6.07) is 12.2. The first-order chi connectivity index (χ1) is 18.1. The molecule has 2 aliphatic carbocycles. The van der Waals surface area contributed by atoms with Crippen molar-refractivity contribution in [2.45, 2.75) is 28.5 Å². The van der Waals surface area contributed by atoms with Gasteiger partial charge in [0.15, 0.2) is 21.3 Å². The molecule has 0 radical (unpaired) electrons. The predicted molar refractivity (Wildman–Crippen MR) is 140 cm³/mol. The van der Waals surface area contributed by atoms with Crippen molar-refractivity contribution in [2.24, 2.45) is 17.8 Å². The van der Waals surface area contributed by atoms with E-state index < -0.39 is 62.7 Å². The number of phenols is 1. The third-order valence-electron chi connectivity index (χ3n) is 8.33. The maximum atomic E-state index is 14.6. The number of fused-ring (bicyclic) bond motifs is 4. The number of hydrogen-bond acceptors (Lipinski definition) is 5. The van der Waals surface area contributed by atoms with Crippen molar-refractivity contribution in [3.05, 3.63) is 71.6 Å². The van der Waals surface area contributed by atoms with Crippen molar-refractivity contribution >= 4 is 68.4 Å². The molecule has 3 fully saturated rings. The van der Waals surface area contributed by atoms with Crippen LogP contribution in [0.5, 0.6) is 5.75 Å². The lowest BCUT2D eigenvalue weighted by atomic mass is 9.56. The van der Waals surface area contributed by atoms with E-state index in [1.165, 1.54) is 6.07 Å². The first-order valence-electron chi connectivity index (χ1n) is 12.0. The quantitative estimate of drug-likeness (QED) is 0.237. The number of benzene rings is 2. The molecular weight excluding hydrogens is 602 g/mol. The highest BCUT2D eigenvalue weighted by molar-refractivity contribution is 9.09. The molecule has 1 saturated carbocycles. The lowest BCUT2D eigenvalue weighted by molar-refractivity contribution is -0.138. The molecule has 6 atom stereocenters. The van der Waals surface area contributed by atoms with E-state index in [0.29, 0.717) is 11.3 Å². The van der Waals surface area contributed by atoms with E-state index in [9.17, 15) is 28.7 Å². The molecule has 7 nitrogen and oxygen atoms in total. The highest BCUT2D eigenvalue weighted by Crippen LogP contribution is 2.65. The van der Waals surface area contributed by atoms with Crippen molar-refractivity contribution in [1.29, 1.82) is 0 Å². The number of rotatable bonds is 3. The van der Waals surface area contributed by atoms with E-state index in [4.69, 9.17) is 23.2 Å². The fourth-order valence-electron chi connectivity index (χ4n) is 6.66. The first kappa shape index (κ1) is 25.5. The zero-order valence-electron chi connectivity index (χ0n) is 19.6. The summed E-state index contributed by atoms with van der Waals surface area (Å²) >= 11 is 17.3. The Labute approximate surface area is 235 Å². The normalized spacial score (nSPS) is 34.3. The second kappa shape index (κ2) is 8.63. The SMILES string of the molecule is O=C1C2CC=C3C(CC4(Cl)C(=O)N(CBr)C(=O)C4(Cl)C3c3ccc(O)c(F)c3)C2C(=O)N1c1ccccc1. The third kappa shape index (κ3) is 3.12. The van der Waals surface area contributed by atoms with Crippen LogP contribution in [0.1, 0.15) is 24.3 Å². The van der Waals surface area contributed by atoms with Gasteiger partial charge in [0.25, 0.3) is 11.8 Å². The molecule has 0 aromatic heterocycles. The van der Waals surface area contributed by atoms with Gasteiger partial charge in [0.1, 0.15) is 0 Å². The van der Waals surface area contributed by atoms with Gasteiger partial charge in [-0.1, -0.05) is 51.8 Å². The molecule has 4 aliphatic rings. The molecule has 2 aliphatic heterocycles. The minimum Gasteiger partial charge on any atom is -0.505 e. The summed E-state index contributed by atoms with van der Waals surface area (Å²) in [5, 5.41) is 9.80. The summed E-state index contributed by atoms with van der Waals surface area (Å²) in [5.74, 6) is -7.09. The summed E-state index contributed by atoms with van der Waals surface area (Å²) in [7, 11) is 0. The van der Waals surface area contributed by atoms with Gasteiger partial charge in [0.05, 0.1) is 23.0 Å². The summed E-state index contributed by atoms with van der Waals surface area (Å²) in [6.45, 7) is 0. The maximum absolute atomic E-state index is 14.6. The van der Waals surface area contributed by atoms with Crippen LogP contribution in [-0.4, -0.2) is 48.8 Å². The Balaban J connectivity index is 1.53. The molecule has 2 saturated heterocycles. The number of aromatic hydroxyl groups is 1. The largest absolute Gasteiger partial charge is 0.505 e. The summed E-state index contributed by atoms with van der Waals surface area (Å²) in [6.07, 6.45) is 1.82. The Morgan fingerprint density at radius 2 is 1.71 bits per heavy atom. The third-order valence-corrected chi connectivity index (χ3v) is 10.2. The second-order valence-electron chi connectivity index (χ2n) is 10.0. The van der Waals surface area contributed by atoms with Crippen molar-refractivity contribution in [1.82, 2.24) is 4.90 Å². The number of anilines is 1. The molecule has 6 unspecified atom stereocenters. The van der Waals surface area contributed by atoms with Crippen molar-refractivity contribution in [3.63, 3.8) is 0 Å². The minimum absolute atomic E-state index is 0.154. The van der Waals surface area contributed by atoms with Gasteiger partial charge in [-0.3, -0.25) is 29.0 Å². The molecule has 6 rings (SSSR count). The molecule has 4 amide bonds. The lowest BCUT2D eigenvalue weighted by Gasteiger charge is -2.50. The van der Waals surface area contributed by atoms with Gasteiger partial charge < -0.3 is 5.11 Å². The van der Waals surface area contributed by atoms with Crippen LogP contribution < -0.4 is 4.90 Å². The van der Waals surface area contributed by atoms with E-state index in [0.717, 1.165) is 21.9 Å². The first-order valence-corrected chi connectivity index (χ1v) is 13.9. The van der Waals surface area contributed by atoms with Crippen LogP contribution in [0.25, 0.3) is 0 Å². The average molecular weight is 622 g/mol. The molecule has 38 heavy (non-hydrogen) atoms. The zero-order chi connectivity index (χ0) is 27.1. The number of allylic oxidation sites excluding steroid dienone is 2.